The lowest BCUT2D eigenvalue weighted by atomic mass is 10.3. The van der Waals surface area contributed by atoms with Crippen LogP contribution < -0.4 is 10.1 Å². The number of aliphatic hydroxyl groups excluding tert-OH is 1. The van der Waals surface area contributed by atoms with Crippen LogP contribution in [-0.2, 0) is 4.79 Å². The fourth-order valence-corrected chi connectivity index (χ4v) is 1.55. The number of carboxylic acid groups (broad SMARTS) is 1. The summed E-state index contributed by atoms with van der Waals surface area (Å²) < 4.78 is 5.09. The largest absolute Gasteiger partial charge is 0.480 e. The first kappa shape index (κ1) is 15.8. The van der Waals surface area contributed by atoms with Crippen LogP contribution in [0.25, 0.3) is 0 Å². The van der Waals surface area contributed by atoms with Gasteiger partial charge >= 0.3 is 12.0 Å². The number of ether oxygens (including phenoxy) is 1. The molecule has 7 heteroatoms. The molecule has 0 bridgehead atoms. The fraction of sp³-hybridized carbons (Fsp3) is 0.385. The molecule has 0 spiro atoms. The van der Waals surface area contributed by atoms with Crippen LogP contribution in [0.3, 0.4) is 0 Å². The second-order valence-electron chi connectivity index (χ2n) is 3.91. The molecule has 0 atom stereocenters. The number of urea groups is 1. The van der Waals surface area contributed by atoms with Crippen molar-refractivity contribution >= 4 is 17.7 Å². The highest BCUT2D eigenvalue weighted by Gasteiger charge is 2.13. The molecule has 110 valence electrons. The van der Waals surface area contributed by atoms with Crippen molar-refractivity contribution in [1.82, 2.24) is 4.90 Å². The van der Waals surface area contributed by atoms with Crippen LogP contribution in [-0.4, -0.2) is 53.4 Å². The first-order valence-electron chi connectivity index (χ1n) is 6.18. The molecule has 3 N–H and O–H groups in total. The number of nitrogens with one attached hydrogen (secondary N) is 1. The van der Waals surface area contributed by atoms with Gasteiger partial charge in [0.15, 0.2) is 6.61 Å². The molecule has 0 radical (unpaired) electrons. The summed E-state index contributed by atoms with van der Waals surface area (Å²) in [6.07, 6.45) is 0. The Hall–Kier alpha value is -2.28. The van der Waals surface area contributed by atoms with Gasteiger partial charge in [-0.15, -0.1) is 0 Å². The number of amides is 2. The summed E-state index contributed by atoms with van der Waals surface area (Å²) in [5, 5.41) is 20.1. The lowest BCUT2D eigenvalue weighted by Crippen LogP contribution is -2.36. The van der Waals surface area contributed by atoms with Crippen LogP contribution in [0.15, 0.2) is 24.3 Å². The smallest absolute Gasteiger partial charge is 0.341 e. The van der Waals surface area contributed by atoms with E-state index in [9.17, 15) is 9.59 Å². The molecule has 0 aliphatic rings. The van der Waals surface area contributed by atoms with E-state index in [4.69, 9.17) is 14.9 Å². The summed E-state index contributed by atoms with van der Waals surface area (Å²) in [5.41, 5.74) is 0.384. The van der Waals surface area contributed by atoms with E-state index >= 15 is 0 Å². The van der Waals surface area contributed by atoms with Gasteiger partial charge in [-0.1, -0.05) is 12.1 Å². The number of carboxylic acids is 1. The molecule has 0 heterocycles. The average molecular weight is 282 g/mol. The SMILES string of the molecule is CCN(CCO)C(=O)Nc1ccccc1OCC(=O)O. The highest BCUT2D eigenvalue weighted by molar-refractivity contribution is 5.91. The molecule has 0 aliphatic carbocycles. The molecule has 2 amide bonds. The zero-order valence-corrected chi connectivity index (χ0v) is 11.2. The van der Waals surface area contributed by atoms with Gasteiger partial charge in [0.2, 0.25) is 0 Å². The summed E-state index contributed by atoms with van der Waals surface area (Å²) in [5.74, 6) is -0.815. The molecule has 1 aromatic rings. The zero-order chi connectivity index (χ0) is 15.0. The minimum absolute atomic E-state index is 0.127. The highest BCUT2D eigenvalue weighted by Crippen LogP contribution is 2.23. The number of benzene rings is 1. The number of likely N-dealkylation sites (N-methyl/N-ethyl adjacent to an activating group) is 1. The van der Waals surface area contributed by atoms with Crippen LogP contribution >= 0.6 is 0 Å². The van der Waals surface area contributed by atoms with Crippen molar-refractivity contribution in [3.63, 3.8) is 0 Å². The number of carbonyl (C=O) groups is 2. The Kier molecular flexibility index (Phi) is 6.31. The van der Waals surface area contributed by atoms with E-state index in [1.54, 1.807) is 31.2 Å². The molecule has 7 nitrogen and oxygen atoms in total. The molecule has 0 saturated carbocycles. The molecule has 0 unspecified atom stereocenters. The van der Waals surface area contributed by atoms with E-state index in [2.05, 4.69) is 5.32 Å². The van der Waals surface area contributed by atoms with Crippen LogP contribution in [0.5, 0.6) is 5.75 Å². The Bertz CT molecular complexity index is 464. The van der Waals surface area contributed by atoms with Gasteiger partial charge in [-0.3, -0.25) is 0 Å². The molecular weight excluding hydrogens is 264 g/mol. The van der Waals surface area contributed by atoms with E-state index in [-0.39, 0.29) is 24.9 Å². The Labute approximate surface area is 116 Å². The van der Waals surface area contributed by atoms with Gasteiger partial charge in [-0.2, -0.15) is 0 Å². The van der Waals surface area contributed by atoms with E-state index in [0.717, 1.165) is 0 Å². The number of para-hydroxylation sites is 2. The van der Waals surface area contributed by atoms with Crippen molar-refractivity contribution in [2.75, 3.05) is 31.6 Å². The summed E-state index contributed by atoms with van der Waals surface area (Å²) >= 11 is 0. The second kappa shape index (κ2) is 8.00. The number of rotatable bonds is 7. The molecule has 1 rings (SSSR count). The summed E-state index contributed by atoms with van der Waals surface area (Å²) in [4.78, 5) is 23.9. The number of anilines is 1. The number of carbonyl (C=O) groups excluding carboxylic acids is 1. The van der Waals surface area contributed by atoms with Crippen molar-refractivity contribution in [2.45, 2.75) is 6.92 Å². The van der Waals surface area contributed by atoms with Crippen molar-refractivity contribution in [3.8, 4) is 5.75 Å². The molecule has 0 saturated heterocycles. The van der Waals surface area contributed by atoms with Crippen molar-refractivity contribution < 1.29 is 24.5 Å². The van der Waals surface area contributed by atoms with Crippen molar-refractivity contribution in [3.05, 3.63) is 24.3 Å². The maximum Gasteiger partial charge on any atom is 0.341 e. The molecule has 1 aromatic carbocycles. The molecule has 0 aliphatic heterocycles. The van der Waals surface area contributed by atoms with Gasteiger partial charge in [0.1, 0.15) is 5.75 Å². The fourth-order valence-electron chi connectivity index (χ4n) is 1.55. The average Bonchev–Trinajstić information content (AvgIpc) is 2.43. The molecule has 20 heavy (non-hydrogen) atoms. The third-order valence-electron chi connectivity index (χ3n) is 2.52. The molecule has 0 fully saturated rings. The Morgan fingerprint density at radius 2 is 2.05 bits per heavy atom. The standard InChI is InChI=1S/C13H18N2O5/c1-2-15(7-8-16)13(19)14-10-5-3-4-6-11(10)20-9-12(17)18/h3-6,16H,2,7-9H2,1H3,(H,14,19)(H,17,18). The van der Waals surface area contributed by atoms with Gasteiger partial charge in [-0.25, -0.2) is 9.59 Å². The second-order valence-corrected chi connectivity index (χ2v) is 3.91. The lowest BCUT2D eigenvalue weighted by molar-refractivity contribution is -0.139. The number of nitrogens with zero attached hydrogens (tertiary/aromatic N) is 1. The monoisotopic (exact) mass is 282 g/mol. The molecular formula is C13H18N2O5. The van der Waals surface area contributed by atoms with E-state index in [1.165, 1.54) is 4.90 Å². The maximum absolute atomic E-state index is 12.0. The van der Waals surface area contributed by atoms with Gasteiger partial charge < -0.3 is 25.2 Å². The quantitative estimate of drug-likeness (QED) is 0.692. The molecule has 0 aromatic heterocycles. The van der Waals surface area contributed by atoms with E-state index in [1.807, 2.05) is 0 Å². The number of hydrogen-bond donors (Lipinski definition) is 3. The Morgan fingerprint density at radius 3 is 2.65 bits per heavy atom. The van der Waals surface area contributed by atoms with Crippen LogP contribution in [0.4, 0.5) is 10.5 Å². The van der Waals surface area contributed by atoms with E-state index < -0.39 is 12.6 Å². The van der Waals surface area contributed by atoms with Crippen LogP contribution in [0.2, 0.25) is 0 Å². The number of aliphatic hydroxyl groups is 1. The lowest BCUT2D eigenvalue weighted by Gasteiger charge is -2.21. The first-order valence-corrected chi connectivity index (χ1v) is 6.18. The number of aliphatic carboxylic acids is 1. The van der Waals surface area contributed by atoms with Crippen LogP contribution in [0, 0.1) is 0 Å². The van der Waals surface area contributed by atoms with Gasteiger partial charge in [-0.05, 0) is 19.1 Å². The third kappa shape index (κ3) is 4.77. The number of hydrogen-bond acceptors (Lipinski definition) is 4. The topological polar surface area (TPSA) is 99.1 Å². The minimum Gasteiger partial charge on any atom is -0.480 e. The summed E-state index contributed by atoms with van der Waals surface area (Å²) in [6.45, 7) is 1.85. The predicted octanol–water partition coefficient (Wildman–Crippen LogP) is 0.996. The Balaban J connectivity index is 2.75. The minimum atomic E-state index is -1.10. The predicted molar refractivity (Wildman–Crippen MR) is 72.9 cm³/mol. The van der Waals surface area contributed by atoms with Crippen molar-refractivity contribution in [1.29, 1.82) is 0 Å². The van der Waals surface area contributed by atoms with E-state index in [0.29, 0.717) is 12.2 Å². The van der Waals surface area contributed by atoms with Gasteiger partial charge in [0.25, 0.3) is 0 Å². The first-order chi connectivity index (χ1) is 9.58. The summed E-state index contributed by atoms with van der Waals surface area (Å²) in [6, 6.07) is 6.18. The highest BCUT2D eigenvalue weighted by atomic mass is 16.5. The van der Waals surface area contributed by atoms with Crippen molar-refractivity contribution in [2.24, 2.45) is 0 Å². The third-order valence-corrected chi connectivity index (χ3v) is 2.52. The van der Waals surface area contributed by atoms with Crippen LogP contribution in [0.1, 0.15) is 6.92 Å². The van der Waals surface area contributed by atoms with Gasteiger partial charge in [0.05, 0.1) is 12.3 Å². The maximum atomic E-state index is 12.0. The Morgan fingerprint density at radius 1 is 1.35 bits per heavy atom. The zero-order valence-electron chi connectivity index (χ0n) is 11.2. The van der Waals surface area contributed by atoms with Gasteiger partial charge in [0, 0.05) is 13.1 Å². The normalized spacial score (nSPS) is 9.90. The summed E-state index contributed by atoms with van der Waals surface area (Å²) in [7, 11) is 0.